The fourth-order valence-electron chi connectivity index (χ4n) is 4.06. The van der Waals surface area contributed by atoms with Crippen LogP contribution in [0, 0.1) is 27.7 Å². The minimum atomic E-state index is 0.00317. The van der Waals surface area contributed by atoms with Crippen LogP contribution in [0.4, 0.5) is 5.82 Å². The Morgan fingerprint density at radius 3 is 2.69 bits per heavy atom. The summed E-state index contributed by atoms with van der Waals surface area (Å²) >= 11 is 1.59. The molecular formula is C23H22N4OS. The SMILES string of the molecule is Cc1ccc2nc(-n3nc(C)c4c3NC(=O)CC4c3ccc(C)c(C)c3)sc2c1. The molecule has 146 valence electrons. The van der Waals surface area contributed by atoms with E-state index in [4.69, 9.17) is 10.1 Å². The Hall–Kier alpha value is -2.99. The number of nitrogens with zero attached hydrogens (tertiary/aromatic N) is 3. The average Bonchev–Trinajstić information content (AvgIpc) is 3.24. The van der Waals surface area contributed by atoms with E-state index in [-0.39, 0.29) is 11.8 Å². The van der Waals surface area contributed by atoms with Crippen LogP contribution in [0.1, 0.15) is 45.8 Å². The summed E-state index contributed by atoms with van der Waals surface area (Å²) < 4.78 is 2.92. The minimum absolute atomic E-state index is 0.00317. The fourth-order valence-corrected chi connectivity index (χ4v) is 5.08. The third-order valence-corrected chi connectivity index (χ3v) is 6.74. The van der Waals surface area contributed by atoms with Crippen LogP contribution in [-0.4, -0.2) is 20.7 Å². The van der Waals surface area contributed by atoms with Gasteiger partial charge in [-0.25, -0.2) is 4.98 Å². The van der Waals surface area contributed by atoms with Crippen molar-refractivity contribution in [3.05, 3.63) is 69.9 Å². The van der Waals surface area contributed by atoms with E-state index in [9.17, 15) is 4.79 Å². The van der Waals surface area contributed by atoms with Gasteiger partial charge in [-0.05, 0) is 62.1 Å². The molecule has 1 unspecified atom stereocenters. The van der Waals surface area contributed by atoms with Crippen molar-refractivity contribution >= 4 is 33.3 Å². The summed E-state index contributed by atoms with van der Waals surface area (Å²) in [5, 5.41) is 8.61. The Morgan fingerprint density at radius 1 is 1.07 bits per heavy atom. The lowest BCUT2D eigenvalue weighted by atomic mass is 9.84. The monoisotopic (exact) mass is 402 g/mol. The predicted molar refractivity (Wildman–Crippen MR) is 117 cm³/mol. The quantitative estimate of drug-likeness (QED) is 0.502. The van der Waals surface area contributed by atoms with E-state index in [0.29, 0.717) is 6.42 Å². The van der Waals surface area contributed by atoms with E-state index in [2.05, 4.69) is 56.4 Å². The topological polar surface area (TPSA) is 59.8 Å². The number of rotatable bonds is 2. The van der Waals surface area contributed by atoms with Crippen molar-refractivity contribution < 1.29 is 4.79 Å². The van der Waals surface area contributed by atoms with Crippen LogP contribution < -0.4 is 5.32 Å². The van der Waals surface area contributed by atoms with Crippen molar-refractivity contribution in [1.82, 2.24) is 14.8 Å². The third kappa shape index (κ3) is 2.95. The van der Waals surface area contributed by atoms with Crippen LogP contribution in [0.15, 0.2) is 36.4 Å². The molecule has 4 aromatic rings. The highest BCUT2D eigenvalue weighted by atomic mass is 32.1. The molecule has 1 aliphatic rings. The second kappa shape index (κ2) is 6.52. The second-order valence-corrected chi connectivity index (χ2v) is 8.88. The van der Waals surface area contributed by atoms with E-state index < -0.39 is 0 Å². The summed E-state index contributed by atoms with van der Waals surface area (Å²) in [6.07, 6.45) is 0.432. The molecule has 3 heterocycles. The van der Waals surface area contributed by atoms with Gasteiger partial charge in [0.05, 0.1) is 15.9 Å². The first-order valence-electron chi connectivity index (χ1n) is 9.75. The van der Waals surface area contributed by atoms with Crippen molar-refractivity contribution in [3.63, 3.8) is 0 Å². The van der Waals surface area contributed by atoms with E-state index in [1.807, 2.05) is 13.0 Å². The molecule has 0 saturated carbocycles. The maximum atomic E-state index is 12.6. The van der Waals surface area contributed by atoms with Crippen LogP contribution in [0.3, 0.4) is 0 Å². The molecule has 0 saturated heterocycles. The number of fused-ring (bicyclic) bond motifs is 2. The Balaban J connectivity index is 1.67. The highest BCUT2D eigenvalue weighted by molar-refractivity contribution is 7.20. The van der Waals surface area contributed by atoms with E-state index in [1.165, 1.54) is 16.7 Å². The molecule has 1 aliphatic heterocycles. The third-order valence-electron chi connectivity index (χ3n) is 5.75. The number of hydrogen-bond acceptors (Lipinski definition) is 4. The van der Waals surface area contributed by atoms with Crippen molar-refractivity contribution in [3.8, 4) is 5.13 Å². The molecule has 5 nitrogen and oxygen atoms in total. The van der Waals surface area contributed by atoms with Gasteiger partial charge in [-0.3, -0.25) is 4.79 Å². The largest absolute Gasteiger partial charge is 0.310 e. The maximum Gasteiger partial charge on any atom is 0.226 e. The van der Waals surface area contributed by atoms with E-state index >= 15 is 0 Å². The van der Waals surface area contributed by atoms with Crippen LogP contribution in [-0.2, 0) is 4.79 Å². The molecule has 1 atom stereocenters. The molecule has 29 heavy (non-hydrogen) atoms. The number of hydrogen-bond donors (Lipinski definition) is 1. The number of carbonyl (C=O) groups is 1. The lowest BCUT2D eigenvalue weighted by Crippen LogP contribution is -2.25. The highest BCUT2D eigenvalue weighted by Crippen LogP contribution is 2.41. The van der Waals surface area contributed by atoms with Gasteiger partial charge in [-0.2, -0.15) is 9.78 Å². The molecule has 0 spiro atoms. The van der Waals surface area contributed by atoms with Gasteiger partial charge >= 0.3 is 0 Å². The van der Waals surface area contributed by atoms with Gasteiger partial charge in [0.1, 0.15) is 5.82 Å². The second-order valence-electron chi connectivity index (χ2n) is 7.88. The molecule has 0 fully saturated rings. The van der Waals surface area contributed by atoms with Gasteiger partial charge in [0, 0.05) is 17.9 Å². The Kier molecular flexibility index (Phi) is 4.06. The van der Waals surface area contributed by atoms with Gasteiger partial charge in [0.25, 0.3) is 0 Å². The zero-order chi connectivity index (χ0) is 20.3. The zero-order valence-corrected chi connectivity index (χ0v) is 17.7. The number of amides is 1. The van der Waals surface area contributed by atoms with Gasteiger partial charge in [-0.1, -0.05) is 35.6 Å². The summed E-state index contributed by atoms with van der Waals surface area (Å²) in [5.74, 6) is 0.764. The minimum Gasteiger partial charge on any atom is -0.310 e. The smallest absolute Gasteiger partial charge is 0.226 e. The standard InChI is InChI=1S/C23H22N4OS/c1-12-5-8-18-19(9-12)29-23(24-18)27-22-21(15(4)26-27)17(11-20(28)25-22)16-7-6-13(2)14(3)10-16/h5-10,17H,11H2,1-4H3,(H,25,28). The van der Waals surface area contributed by atoms with Crippen molar-refractivity contribution in [2.24, 2.45) is 0 Å². The van der Waals surface area contributed by atoms with Gasteiger partial charge in [0.2, 0.25) is 11.0 Å². The first-order valence-corrected chi connectivity index (χ1v) is 10.6. The number of carbonyl (C=O) groups excluding carboxylic acids is 1. The normalized spacial score (nSPS) is 16.1. The van der Waals surface area contributed by atoms with Crippen molar-refractivity contribution in [1.29, 1.82) is 0 Å². The summed E-state index contributed by atoms with van der Waals surface area (Å²) in [7, 11) is 0. The fraction of sp³-hybridized carbons (Fsp3) is 0.261. The predicted octanol–water partition coefficient (Wildman–Crippen LogP) is 5.19. The average molecular weight is 403 g/mol. The van der Waals surface area contributed by atoms with E-state index in [0.717, 1.165) is 38.0 Å². The van der Waals surface area contributed by atoms with Crippen LogP contribution in [0.2, 0.25) is 0 Å². The van der Waals surface area contributed by atoms with Crippen molar-refractivity contribution in [2.45, 2.75) is 40.0 Å². The first-order chi connectivity index (χ1) is 13.9. The van der Waals surface area contributed by atoms with Gasteiger partial charge < -0.3 is 5.32 Å². The summed E-state index contributed by atoms with van der Waals surface area (Å²) in [4.78, 5) is 17.4. The molecule has 5 rings (SSSR count). The summed E-state index contributed by atoms with van der Waals surface area (Å²) in [6, 6.07) is 12.7. The van der Waals surface area contributed by atoms with Gasteiger partial charge in [-0.15, -0.1) is 0 Å². The molecule has 2 aromatic carbocycles. The number of nitrogens with one attached hydrogen (secondary N) is 1. The molecule has 0 radical (unpaired) electrons. The summed E-state index contributed by atoms with van der Waals surface area (Å²) in [6.45, 7) is 8.31. The van der Waals surface area contributed by atoms with E-state index in [1.54, 1.807) is 16.0 Å². The lowest BCUT2D eigenvalue weighted by molar-refractivity contribution is -0.116. The molecule has 1 N–H and O–H groups in total. The number of aryl methyl sites for hydroxylation is 4. The molecule has 0 bridgehead atoms. The molecule has 2 aromatic heterocycles. The van der Waals surface area contributed by atoms with Gasteiger partial charge in [0.15, 0.2) is 0 Å². The number of anilines is 1. The molecular weight excluding hydrogens is 380 g/mol. The van der Waals surface area contributed by atoms with Crippen molar-refractivity contribution in [2.75, 3.05) is 5.32 Å². The lowest BCUT2D eigenvalue weighted by Gasteiger charge is -2.24. The Morgan fingerprint density at radius 2 is 1.90 bits per heavy atom. The molecule has 1 amide bonds. The number of benzene rings is 2. The van der Waals surface area contributed by atoms with Crippen LogP contribution in [0.25, 0.3) is 15.3 Å². The Bertz CT molecular complexity index is 1280. The first kappa shape index (κ1) is 18.1. The summed E-state index contributed by atoms with van der Waals surface area (Å²) in [5.41, 5.74) is 7.82. The van der Waals surface area contributed by atoms with Crippen LogP contribution in [0.5, 0.6) is 0 Å². The Labute approximate surface area is 173 Å². The molecule has 0 aliphatic carbocycles. The maximum absolute atomic E-state index is 12.6. The number of aromatic nitrogens is 3. The zero-order valence-electron chi connectivity index (χ0n) is 16.9. The van der Waals surface area contributed by atoms with Crippen LogP contribution >= 0.6 is 11.3 Å². The highest BCUT2D eigenvalue weighted by Gasteiger charge is 2.33. The molecule has 6 heteroatoms. The number of thiazole rings is 1.